The predicted octanol–water partition coefficient (Wildman–Crippen LogP) is 2.72. The molecule has 26 heavy (non-hydrogen) atoms. The van der Waals surface area contributed by atoms with Gasteiger partial charge in [0.25, 0.3) is 0 Å². The maximum absolute atomic E-state index is 12.2. The van der Waals surface area contributed by atoms with Gasteiger partial charge in [-0.25, -0.2) is 4.98 Å². The minimum absolute atomic E-state index is 0.0573. The van der Waals surface area contributed by atoms with Crippen LogP contribution in [0.4, 0.5) is 10.8 Å². The molecule has 0 bridgehead atoms. The molecule has 7 nitrogen and oxygen atoms in total. The van der Waals surface area contributed by atoms with Gasteiger partial charge in [0.1, 0.15) is 0 Å². The van der Waals surface area contributed by atoms with Gasteiger partial charge in [-0.3, -0.25) is 14.4 Å². The van der Waals surface area contributed by atoms with E-state index >= 15 is 0 Å². The summed E-state index contributed by atoms with van der Waals surface area (Å²) in [4.78, 5) is 39.7. The van der Waals surface area contributed by atoms with Crippen LogP contribution in [0.15, 0.2) is 23.6 Å². The van der Waals surface area contributed by atoms with Crippen molar-refractivity contribution >= 4 is 39.9 Å². The SMILES string of the molecule is Cc1cc(NC(=O)Cc2csc(NC(=O)C(C)(C)C)n2)cc(C(N)=O)c1. The van der Waals surface area contributed by atoms with E-state index in [0.29, 0.717) is 22.1 Å². The summed E-state index contributed by atoms with van der Waals surface area (Å²) < 4.78 is 0. The first-order valence-corrected chi connectivity index (χ1v) is 8.90. The number of hydrogen-bond donors (Lipinski definition) is 3. The molecule has 2 aromatic rings. The lowest BCUT2D eigenvalue weighted by Gasteiger charge is -2.15. The molecular weight excluding hydrogens is 352 g/mol. The summed E-state index contributed by atoms with van der Waals surface area (Å²) in [5.41, 5.74) is 6.97. The second-order valence-corrected chi connectivity index (χ2v) is 7.88. The van der Waals surface area contributed by atoms with Crippen molar-refractivity contribution in [2.75, 3.05) is 10.6 Å². The number of amides is 3. The third-order valence-electron chi connectivity index (χ3n) is 3.44. The highest BCUT2D eigenvalue weighted by atomic mass is 32.1. The first kappa shape index (κ1) is 19.6. The van der Waals surface area contributed by atoms with Gasteiger partial charge < -0.3 is 16.4 Å². The molecule has 2 rings (SSSR count). The highest BCUT2D eigenvalue weighted by Crippen LogP contribution is 2.21. The number of aryl methyl sites for hydroxylation is 1. The van der Waals surface area contributed by atoms with Crippen molar-refractivity contribution < 1.29 is 14.4 Å². The first-order valence-electron chi connectivity index (χ1n) is 8.02. The molecule has 8 heteroatoms. The van der Waals surface area contributed by atoms with Gasteiger partial charge in [0, 0.05) is 22.0 Å². The fourth-order valence-corrected chi connectivity index (χ4v) is 2.80. The van der Waals surface area contributed by atoms with Crippen molar-refractivity contribution in [1.29, 1.82) is 0 Å². The summed E-state index contributed by atoms with van der Waals surface area (Å²) in [6, 6.07) is 4.94. The van der Waals surface area contributed by atoms with Crippen molar-refractivity contribution in [2.45, 2.75) is 34.1 Å². The van der Waals surface area contributed by atoms with Crippen molar-refractivity contribution in [2.24, 2.45) is 11.1 Å². The van der Waals surface area contributed by atoms with Crippen molar-refractivity contribution in [3.05, 3.63) is 40.4 Å². The molecule has 0 aliphatic rings. The number of primary amides is 1. The minimum Gasteiger partial charge on any atom is -0.366 e. The predicted molar refractivity (Wildman–Crippen MR) is 102 cm³/mol. The van der Waals surface area contributed by atoms with Crippen LogP contribution in [0.2, 0.25) is 0 Å². The van der Waals surface area contributed by atoms with E-state index in [2.05, 4.69) is 15.6 Å². The summed E-state index contributed by atoms with van der Waals surface area (Å²) in [7, 11) is 0. The molecule has 0 aliphatic heterocycles. The number of benzene rings is 1. The molecular formula is C18H22N4O3S. The second-order valence-electron chi connectivity index (χ2n) is 7.03. The smallest absolute Gasteiger partial charge is 0.248 e. The Kier molecular flexibility index (Phi) is 5.76. The fraction of sp³-hybridized carbons (Fsp3) is 0.333. The van der Waals surface area contributed by atoms with E-state index in [1.165, 1.54) is 17.4 Å². The maximum Gasteiger partial charge on any atom is 0.248 e. The van der Waals surface area contributed by atoms with Crippen molar-refractivity contribution in [3.63, 3.8) is 0 Å². The summed E-state index contributed by atoms with van der Waals surface area (Å²) >= 11 is 1.27. The topological polar surface area (TPSA) is 114 Å². The lowest BCUT2D eigenvalue weighted by molar-refractivity contribution is -0.123. The van der Waals surface area contributed by atoms with Gasteiger partial charge in [0.15, 0.2) is 5.13 Å². The highest BCUT2D eigenvalue weighted by molar-refractivity contribution is 7.13. The molecule has 0 atom stereocenters. The average molecular weight is 374 g/mol. The number of nitrogens with two attached hydrogens (primary N) is 1. The second kappa shape index (κ2) is 7.65. The van der Waals surface area contributed by atoms with E-state index in [1.807, 2.05) is 27.7 Å². The first-order chi connectivity index (χ1) is 12.0. The van der Waals surface area contributed by atoms with E-state index in [-0.39, 0.29) is 18.2 Å². The molecule has 1 heterocycles. The summed E-state index contributed by atoms with van der Waals surface area (Å²) in [6.45, 7) is 7.25. The lowest BCUT2D eigenvalue weighted by Crippen LogP contribution is -2.27. The molecule has 0 saturated heterocycles. The Morgan fingerprint density at radius 3 is 2.46 bits per heavy atom. The van der Waals surface area contributed by atoms with Gasteiger partial charge in [0.2, 0.25) is 17.7 Å². The Morgan fingerprint density at radius 1 is 1.15 bits per heavy atom. The zero-order valence-electron chi connectivity index (χ0n) is 15.2. The van der Waals surface area contributed by atoms with Gasteiger partial charge in [-0.15, -0.1) is 11.3 Å². The van der Waals surface area contributed by atoms with E-state index in [9.17, 15) is 14.4 Å². The molecule has 0 saturated carbocycles. The number of thiazole rings is 1. The molecule has 4 N–H and O–H groups in total. The van der Waals surface area contributed by atoms with Gasteiger partial charge in [0.05, 0.1) is 12.1 Å². The Labute approximate surface area is 156 Å². The quantitative estimate of drug-likeness (QED) is 0.746. The number of carbonyl (C=O) groups excluding carboxylic acids is 3. The third kappa shape index (κ3) is 5.38. The summed E-state index contributed by atoms with van der Waals surface area (Å²) in [5.74, 6) is -0.963. The third-order valence-corrected chi connectivity index (χ3v) is 4.25. The van der Waals surface area contributed by atoms with Crippen LogP contribution in [0.25, 0.3) is 0 Å². The van der Waals surface area contributed by atoms with Crippen molar-refractivity contribution in [3.8, 4) is 0 Å². The molecule has 0 spiro atoms. The lowest BCUT2D eigenvalue weighted by atomic mass is 9.96. The van der Waals surface area contributed by atoms with Crippen LogP contribution in [0.3, 0.4) is 0 Å². The molecule has 1 aromatic carbocycles. The number of aromatic nitrogens is 1. The Balaban J connectivity index is 2.01. The molecule has 3 amide bonds. The summed E-state index contributed by atoms with van der Waals surface area (Å²) in [6.07, 6.45) is 0.0573. The monoisotopic (exact) mass is 374 g/mol. The number of nitrogens with zero attached hydrogens (tertiary/aromatic N) is 1. The van der Waals surface area contributed by atoms with Crippen LogP contribution >= 0.6 is 11.3 Å². The van der Waals surface area contributed by atoms with E-state index in [0.717, 1.165) is 5.56 Å². The number of anilines is 2. The van der Waals surface area contributed by atoms with Gasteiger partial charge in [-0.05, 0) is 30.7 Å². The van der Waals surface area contributed by atoms with Gasteiger partial charge >= 0.3 is 0 Å². The van der Waals surface area contributed by atoms with Crippen LogP contribution in [0, 0.1) is 12.3 Å². The Bertz CT molecular complexity index is 852. The molecule has 0 radical (unpaired) electrons. The van der Waals surface area contributed by atoms with E-state index in [4.69, 9.17) is 5.73 Å². The molecule has 138 valence electrons. The van der Waals surface area contributed by atoms with Crippen LogP contribution in [-0.2, 0) is 16.0 Å². The van der Waals surface area contributed by atoms with Gasteiger partial charge in [-0.2, -0.15) is 0 Å². The summed E-state index contributed by atoms with van der Waals surface area (Å²) in [5, 5.41) is 7.65. The van der Waals surface area contributed by atoms with Gasteiger partial charge in [-0.1, -0.05) is 20.8 Å². The number of rotatable bonds is 5. The zero-order valence-corrected chi connectivity index (χ0v) is 16.0. The molecule has 0 fully saturated rings. The molecule has 0 aliphatic carbocycles. The largest absolute Gasteiger partial charge is 0.366 e. The Morgan fingerprint density at radius 2 is 1.85 bits per heavy atom. The normalized spacial score (nSPS) is 11.1. The van der Waals surface area contributed by atoms with Crippen LogP contribution in [0.1, 0.15) is 42.4 Å². The zero-order chi connectivity index (χ0) is 19.5. The minimum atomic E-state index is -0.553. The number of carbonyl (C=O) groups is 3. The van der Waals surface area contributed by atoms with Crippen LogP contribution in [-0.4, -0.2) is 22.7 Å². The molecule has 0 unspecified atom stereocenters. The Hall–Kier alpha value is -2.74. The van der Waals surface area contributed by atoms with Crippen LogP contribution in [0.5, 0.6) is 0 Å². The fourth-order valence-electron chi connectivity index (χ4n) is 2.10. The van der Waals surface area contributed by atoms with Crippen LogP contribution < -0.4 is 16.4 Å². The maximum atomic E-state index is 12.2. The van der Waals surface area contributed by atoms with E-state index < -0.39 is 11.3 Å². The van der Waals surface area contributed by atoms with E-state index in [1.54, 1.807) is 17.5 Å². The average Bonchev–Trinajstić information content (AvgIpc) is 2.92. The highest BCUT2D eigenvalue weighted by Gasteiger charge is 2.22. The van der Waals surface area contributed by atoms with Crippen molar-refractivity contribution in [1.82, 2.24) is 4.98 Å². The standard InChI is InChI=1S/C18H22N4O3S/c1-10-5-11(15(19)24)7-12(6-10)20-14(23)8-13-9-26-17(21-13)22-16(25)18(2,3)4/h5-7,9H,8H2,1-4H3,(H2,19,24)(H,20,23)(H,21,22,25). The molecule has 1 aromatic heterocycles. The number of hydrogen-bond acceptors (Lipinski definition) is 5. The number of nitrogens with one attached hydrogen (secondary N) is 2.